The number of carbonyl (C=O) groups is 3. The van der Waals surface area contributed by atoms with E-state index in [0.717, 1.165) is 0 Å². The Balaban J connectivity index is 3.87. The van der Waals surface area contributed by atoms with Crippen molar-refractivity contribution in [2.75, 3.05) is 6.79 Å². The highest BCUT2D eigenvalue weighted by Crippen LogP contribution is 2.14. The molecule has 0 atom stereocenters. The smallest absolute Gasteiger partial charge is 0.377 e. The number of hydrogen-bond acceptors (Lipinski definition) is 5. The van der Waals surface area contributed by atoms with E-state index in [1.807, 2.05) is 0 Å². The first kappa shape index (κ1) is 14.6. The van der Waals surface area contributed by atoms with Crippen LogP contribution in [0.3, 0.4) is 0 Å². The largest absolute Gasteiger partial charge is 0.427 e. The highest BCUT2D eigenvalue weighted by Gasteiger charge is 2.23. The van der Waals surface area contributed by atoms with E-state index in [9.17, 15) is 14.4 Å². The molecule has 0 amide bonds. The number of esters is 2. The molecule has 0 fully saturated rings. The number of ether oxygens (including phenoxy) is 2. The van der Waals surface area contributed by atoms with Gasteiger partial charge in [-0.15, -0.1) is 0 Å². The Morgan fingerprint density at radius 1 is 1.06 bits per heavy atom. The second-order valence-corrected chi connectivity index (χ2v) is 4.40. The molecule has 0 aromatic carbocycles. The number of hydrogen-bond donors (Lipinski definition) is 0. The Labute approximate surface area is 95.1 Å². The predicted molar refractivity (Wildman–Crippen MR) is 56.4 cm³/mol. The Bertz CT molecular complexity index is 275. The van der Waals surface area contributed by atoms with Gasteiger partial charge in [-0.05, 0) is 27.2 Å². The van der Waals surface area contributed by atoms with Crippen LogP contribution in [0.1, 0.15) is 40.5 Å². The molecular weight excluding hydrogens is 212 g/mol. The van der Waals surface area contributed by atoms with Gasteiger partial charge in [0.25, 0.3) is 0 Å². The van der Waals surface area contributed by atoms with Crippen molar-refractivity contribution in [1.82, 2.24) is 0 Å². The molecule has 92 valence electrons. The normalized spacial score (nSPS) is 10.8. The van der Waals surface area contributed by atoms with Crippen molar-refractivity contribution in [3.63, 3.8) is 0 Å². The molecule has 0 aromatic rings. The van der Waals surface area contributed by atoms with Gasteiger partial charge in [-0.25, -0.2) is 4.79 Å². The van der Waals surface area contributed by atoms with Gasteiger partial charge in [-0.2, -0.15) is 0 Å². The maximum absolute atomic E-state index is 11.2. The zero-order valence-corrected chi connectivity index (χ0v) is 10.2. The van der Waals surface area contributed by atoms with E-state index in [0.29, 0.717) is 6.42 Å². The highest BCUT2D eigenvalue weighted by atomic mass is 16.7. The lowest BCUT2D eigenvalue weighted by molar-refractivity contribution is -0.175. The fourth-order valence-electron chi connectivity index (χ4n) is 0.763. The van der Waals surface area contributed by atoms with Crippen molar-refractivity contribution in [3.05, 3.63) is 0 Å². The Morgan fingerprint density at radius 3 is 2.06 bits per heavy atom. The summed E-state index contributed by atoms with van der Waals surface area (Å²) in [7, 11) is 0. The van der Waals surface area contributed by atoms with E-state index in [4.69, 9.17) is 0 Å². The molecule has 5 nitrogen and oxygen atoms in total. The number of ketones is 1. The first-order valence-electron chi connectivity index (χ1n) is 5.16. The number of Topliss-reactive ketones (excluding diaryl/α,β-unsaturated/α-hetero) is 1. The lowest BCUT2D eigenvalue weighted by atomic mass is 9.98. The molecule has 0 unspecified atom stereocenters. The monoisotopic (exact) mass is 230 g/mol. The summed E-state index contributed by atoms with van der Waals surface area (Å²) in [4.78, 5) is 33.2. The van der Waals surface area contributed by atoms with Crippen molar-refractivity contribution in [3.8, 4) is 0 Å². The minimum atomic E-state index is -0.955. The Morgan fingerprint density at radius 2 is 1.62 bits per heavy atom. The third kappa shape index (κ3) is 5.48. The molecule has 5 heteroatoms. The van der Waals surface area contributed by atoms with Gasteiger partial charge < -0.3 is 9.47 Å². The third-order valence-electron chi connectivity index (χ3n) is 1.70. The first-order valence-corrected chi connectivity index (χ1v) is 5.16. The van der Waals surface area contributed by atoms with Gasteiger partial charge in [-0.3, -0.25) is 9.59 Å². The molecule has 0 saturated carbocycles. The van der Waals surface area contributed by atoms with Crippen LogP contribution in [0.25, 0.3) is 0 Å². The number of rotatable bonds is 5. The van der Waals surface area contributed by atoms with Crippen molar-refractivity contribution in [2.24, 2.45) is 5.41 Å². The summed E-state index contributed by atoms with van der Waals surface area (Å²) < 4.78 is 9.16. The van der Waals surface area contributed by atoms with E-state index >= 15 is 0 Å². The van der Waals surface area contributed by atoms with Gasteiger partial charge in [0.05, 0.1) is 5.41 Å². The Hall–Kier alpha value is -1.39. The molecule has 0 saturated heterocycles. The average Bonchev–Trinajstić information content (AvgIpc) is 2.16. The summed E-state index contributed by atoms with van der Waals surface area (Å²) in [5.41, 5.74) is -0.653. The van der Waals surface area contributed by atoms with Crippen molar-refractivity contribution >= 4 is 17.7 Å². The molecule has 0 spiro atoms. The zero-order valence-electron chi connectivity index (χ0n) is 10.2. The summed E-state index contributed by atoms with van der Waals surface area (Å²) in [5.74, 6) is -2.04. The predicted octanol–water partition coefficient (Wildman–Crippen LogP) is 1.45. The quantitative estimate of drug-likeness (QED) is 0.406. The highest BCUT2D eigenvalue weighted by molar-refractivity contribution is 6.33. The van der Waals surface area contributed by atoms with Crippen LogP contribution in [0, 0.1) is 5.41 Å². The van der Waals surface area contributed by atoms with Crippen LogP contribution >= 0.6 is 0 Å². The first-order chi connectivity index (χ1) is 7.29. The molecule has 0 aliphatic rings. The van der Waals surface area contributed by atoms with E-state index in [1.165, 1.54) is 0 Å². The summed E-state index contributed by atoms with van der Waals surface area (Å²) in [6.07, 6.45) is 0.724. The zero-order chi connectivity index (χ0) is 12.8. The molecule has 0 radical (unpaired) electrons. The van der Waals surface area contributed by atoms with Gasteiger partial charge in [0.15, 0.2) is 0 Å². The summed E-state index contributed by atoms with van der Waals surface area (Å²) >= 11 is 0. The minimum absolute atomic E-state index is 0.145. The second-order valence-electron chi connectivity index (χ2n) is 4.40. The lowest BCUT2D eigenvalue weighted by Gasteiger charge is -2.16. The maximum Gasteiger partial charge on any atom is 0.377 e. The van der Waals surface area contributed by atoms with Gasteiger partial charge in [0, 0.05) is 6.42 Å². The van der Waals surface area contributed by atoms with Crippen molar-refractivity contribution in [1.29, 1.82) is 0 Å². The van der Waals surface area contributed by atoms with Gasteiger partial charge in [-0.1, -0.05) is 6.92 Å². The van der Waals surface area contributed by atoms with Crippen LogP contribution in [-0.2, 0) is 23.9 Å². The molecule has 0 bridgehead atoms. The fraction of sp³-hybridized carbons (Fsp3) is 0.727. The van der Waals surface area contributed by atoms with Crippen molar-refractivity contribution < 1.29 is 23.9 Å². The third-order valence-corrected chi connectivity index (χ3v) is 1.70. The minimum Gasteiger partial charge on any atom is -0.427 e. The summed E-state index contributed by atoms with van der Waals surface area (Å²) in [6.45, 7) is 6.31. The Kier molecular flexibility index (Phi) is 5.71. The average molecular weight is 230 g/mol. The molecular formula is C11H18O5. The fourth-order valence-corrected chi connectivity index (χ4v) is 0.763. The number of carbonyl (C=O) groups excluding carboxylic acids is 3. The molecule has 0 rings (SSSR count). The van der Waals surface area contributed by atoms with E-state index in [2.05, 4.69) is 9.47 Å². The van der Waals surface area contributed by atoms with E-state index in [1.54, 1.807) is 27.7 Å². The van der Waals surface area contributed by atoms with Crippen LogP contribution in [0.2, 0.25) is 0 Å². The topological polar surface area (TPSA) is 69.7 Å². The van der Waals surface area contributed by atoms with Crippen LogP contribution in [0.5, 0.6) is 0 Å². The molecule has 0 aromatic heterocycles. The lowest BCUT2D eigenvalue weighted by Crippen LogP contribution is -2.26. The van der Waals surface area contributed by atoms with Crippen LogP contribution < -0.4 is 0 Å². The molecule has 0 aliphatic heterocycles. The van der Waals surface area contributed by atoms with Gasteiger partial charge in [0.2, 0.25) is 12.6 Å². The van der Waals surface area contributed by atoms with Crippen LogP contribution in [0.4, 0.5) is 0 Å². The maximum atomic E-state index is 11.2. The second kappa shape index (κ2) is 6.25. The van der Waals surface area contributed by atoms with Gasteiger partial charge in [0.1, 0.15) is 0 Å². The van der Waals surface area contributed by atoms with E-state index in [-0.39, 0.29) is 6.42 Å². The molecule has 16 heavy (non-hydrogen) atoms. The summed E-state index contributed by atoms with van der Waals surface area (Å²) in [6, 6.07) is 0. The van der Waals surface area contributed by atoms with E-state index < -0.39 is 29.9 Å². The molecule has 0 heterocycles. The molecule has 0 aliphatic carbocycles. The van der Waals surface area contributed by atoms with Gasteiger partial charge >= 0.3 is 11.9 Å². The molecule has 0 N–H and O–H groups in total. The standard InChI is InChI=1S/C11H18O5/c1-5-6-8(12)9(13)15-7-16-10(14)11(2,3)4/h5-7H2,1-4H3. The SMILES string of the molecule is CCCC(=O)C(=O)OCOC(=O)C(C)(C)C. The summed E-state index contributed by atoms with van der Waals surface area (Å²) in [5, 5.41) is 0. The van der Waals surface area contributed by atoms with Crippen LogP contribution in [0.15, 0.2) is 0 Å². The van der Waals surface area contributed by atoms with Crippen molar-refractivity contribution in [2.45, 2.75) is 40.5 Å². The van der Waals surface area contributed by atoms with Crippen LogP contribution in [-0.4, -0.2) is 24.5 Å².